The van der Waals surface area contributed by atoms with Crippen molar-refractivity contribution >= 4 is 51.1 Å². The molecule has 1 atom stereocenters. The molecule has 0 unspecified atom stereocenters. The van der Waals surface area contributed by atoms with Crippen LogP contribution in [-0.2, 0) is 46.9 Å². The third kappa shape index (κ3) is 11.4. The van der Waals surface area contributed by atoms with Crippen LogP contribution in [0.15, 0.2) is 128 Å². The van der Waals surface area contributed by atoms with E-state index in [0.29, 0.717) is 122 Å². The summed E-state index contributed by atoms with van der Waals surface area (Å²) < 4.78 is 38.5. The number of carboxylic acid groups (broad SMARTS) is 1. The molecule has 11 rings (SSSR count). The number of methoxy groups -OCH3 is 1. The van der Waals surface area contributed by atoms with Gasteiger partial charge in [-0.2, -0.15) is 0 Å². The molecule has 5 aromatic carbocycles. The molecule has 18 heteroatoms. The lowest BCUT2D eigenvalue weighted by atomic mass is 9.94. The van der Waals surface area contributed by atoms with Crippen molar-refractivity contribution in [2.75, 3.05) is 46.4 Å². The zero-order chi connectivity index (χ0) is 52.0. The van der Waals surface area contributed by atoms with Gasteiger partial charge in [0.2, 0.25) is 17.9 Å². The molecule has 0 saturated carbocycles. The van der Waals surface area contributed by atoms with Gasteiger partial charge in [0.05, 0.1) is 30.2 Å². The molecule has 2 amide bonds. The average Bonchev–Trinajstić information content (AvgIpc) is 3.83. The van der Waals surface area contributed by atoms with E-state index in [0.717, 1.165) is 10.4 Å². The van der Waals surface area contributed by atoms with Crippen LogP contribution >= 0.6 is 22.9 Å². The van der Waals surface area contributed by atoms with Gasteiger partial charge in [-0.3, -0.25) is 9.69 Å². The number of benzene rings is 5. The first-order chi connectivity index (χ1) is 36.5. The summed E-state index contributed by atoms with van der Waals surface area (Å²) in [6.45, 7) is 5.24. The Morgan fingerprint density at radius 2 is 1.64 bits per heavy atom. The molecule has 382 valence electrons. The van der Waals surface area contributed by atoms with E-state index in [1.165, 1.54) is 29.8 Å². The molecule has 3 aliphatic heterocycles. The fourth-order valence-electron chi connectivity index (χ4n) is 9.35. The first-order valence-corrected chi connectivity index (χ1v) is 25.6. The first kappa shape index (κ1) is 50.5. The molecule has 0 aliphatic carbocycles. The predicted octanol–water partition coefficient (Wildman–Crippen LogP) is 10.1. The van der Waals surface area contributed by atoms with Gasteiger partial charge in [-0.05, 0) is 82.3 Å². The third-order valence-electron chi connectivity index (χ3n) is 13.4. The Labute approximate surface area is 441 Å². The van der Waals surface area contributed by atoms with Crippen LogP contribution in [0.5, 0.6) is 17.4 Å². The second-order valence-corrected chi connectivity index (χ2v) is 19.6. The minimum atomic E-state index is -1.50. The normalized spacial score (nSPS) is 15.1. The van der Waals surface area contributed by atoms with Gasteiger partial charge in [0.15, 0.2) is 5.82 Å². The molecule has 1 saturated heterocycles. The van der Waals surface area contributed by atoms with E-state index in [1.54, 1.807) is 59.5 Å². The highest BCUT2D eigenvalue weighted by atomic mass is 35.5. The molecule has 3 aliphatic rings. The molecular formula is C57H51ClFN7O8S. The number of carbonyl (C=O) groups is 3. The first-order valence-electron chi connectivity index (χ1n) is 24.4. The van der Waals surface area contributed by atoms with E-state index in [-0.39, 0.29) is 50.5 Å². The summed E-state index contributed by atoms with van der Waals surface area (Å²) in [4.78, 5) is 66.5. The number of carbonyl (C=O) groups excluding carboxylic acids is 2. The second-order valence-electron chi connectivity index (χ2n) is 18.2. The Hall–Kier alpha value is -7.99. The summed E-state index contributed by atoms with van der Waals surface area (Å²) in [5.74, 6) is -0.411. The van der Waals surface area contributed by atoms with Crippen LogP contribution in [-0.4, -0.2) is 110 Å². The lowest BCUT2D eigenvalue weighted by molar-refractivity contribution is -0.145. The van der Waals surface area contributed by atoms with E-state index in [2.05, 4.69) is 19.9 Å². The van der Waals surface area contributed by atoms with Crippen molar-refractivity contribution in [3.8, 4) is 50.3 Å². The van der Waals surface area contributed by atoms with Crippen molar-refractivity contribution in [2.45, 2.75) is 45.6 Å². The number of aliphatic carboxylic acids is 1. The maximum absolute atomic E-state index is 14.8. The molecule has 15 nitrogen and oxygen atoms in total. The molecule has 0 radical (unpaired) electrons. The Morgan fingerprint density at radius 1 is 0.853 bits per heavy atom. The summed E-state index contributed by atoms with van der Waals surface area (Å²) in [5, 5.41) is 11.8. The van der Waals surface area contributed by atoms with Gasteiger partial charge in [0, 0.05) is 73.9 Å². The average molecular weight is 1050 g/mol. The number of rotatable bonds is 12. The minimum Gasteiger partial charge on any atom is -0.496 e. The third-order valence-corrected chi connectivity index (χ3v) is 15.1. The van der Waals surface area contributed by atoms with E-state index in [9.17, 15) is 23.9 Å². The van der Waals surface area contributed by atoms with Gasteiger partial charge in [-0.1, -0.05) is 90.5 Å². The van der Waals surface area contributed by atoms with Crippen molar-refractivity contribution in [1.82, 2.24) is 34.6 Å². The Morgan fingerprint density at radius 3 is 2.43 bits per heavy atom. The number of hydrogen-bond acceptors (Lipinski definition) is 13. The summed E-state index contributed by atoms with van der Waals surface area (Å²) in [6.07, 6.45) is 0.879. The minimum absolute atomic E-state index is 0.000254. The zero-order valence-corrected chi connectivity index (χ0v) is 42.7. The largest absolute Gasteiger partial charge is 0.496 e. The molecule has 1 fully saturated rings. The fraction of sp³-hybridized carbons (Fsp3) is 0.246. The van der Waals surface area contributed by atoms with Crippen molar-refractivity contribution in [2.24, 2.45) is 0 Å². The Balaban J connectivity index is 0.993. The summed E-state index contributed by atoms with van der Waals surface area (Å²) in [7, 11) is 1.58. The zero-order valence-electron chi connectivity index (χ0n) is 41.1. The number of piperazine rings is 1. The number of hydrogen-bond donors (Lipinski definition) is 1. The SMILES string of the molecule is COc1ccccc1-c1nccc(COc2ccc3cc2C[C@H](C(=O)O)Oc2ncnc4sc(-c5ccc(F)cc5)c(c24)-c2ccc(c(Cl)c2C)CN(CCN2CCN(C(=O)OCc4ccccc4)CC2)C(=O)C3)n1. The molecule has 3 aromatic heterocycles. The van der Waals surface area contributed by atoms with Gasteiger partial charge in [-0.15, -0.1) is 11.3 Å². The fourth-order valence-corrected chi connectivity index (χ4v) is 10.7. The number of ether oxygens (including phenoxy) is 4. The highest BCUT2D eigenvalue weighted by Gasteiger charge is 2.30. The van der Waals surface area contributed by atoms with Gasteiger partial charge in [-0.25, -0.2) is 33.9 Å². The molecule has 0 spiro atoms. The van der Waals surface area contributed by atoms with Gasteiger partial charge >= 0.3 is 12.1 Å². The predicted molar refractivity (Wildman–Crippen MR) is 282 cm³/mol. The Kier molecular flexibility index (Phi) is 15.3. The monoisotopic (exact) mass is 1050 g/mol. The van der Waals surface area contributed by atoms with Crippen LogP contribution in [0.4, 0.5) is 9.18 Å². The highest BCUT2D eigenvalue weighted by Crippen LogP contribution is 2.49. The molecular weight excluding hydrogens is 997 g/mol. The highest BCUT2D eigenvalue weighted by molar-refractivity contribution is 7.22. The van der Waals surface area contributed by atoms with Crippen molar-refractivity contribution < 1.29 is 42.8 Å². The molecule has 75 heavy (non-hydrogen) atoms. The Bertz CT molecular complexity index is 3390. The lowest BCUT2D eigenvalue weighted by Gasteiger charge is -2.35. The number of fused-ring (bicyclic) bond motifs is 7. The van der Waals surface area contributed by atoms with Crippen LogP contribution in [0.25, 0.3) is 43.2 Å². The topological polar surface area (TPSA) is 170 Å². The van der Waals surface area contributed by atoms with Crippen LogP contribution in [0.1, 0.15) is 33.5 Å². The van der Waals surface area contributed by atoms with E-state index in [1.807, 2.05) is 73.7 Å². The quantitative estimate of drug-likeness (QED) is 0.123. The van der Waals surface area contributed by atoms with Crippen LogP contribution in [0, 0.1) is 12.7 Å². The van der Waals surface area contributed by atoms with Crippen LogP contribution in [0.2, 0.25) is 5.02 Å². The van der Waals surface area contributed by atoms with Crippen molar-refractivity contribution in [1.29, 1.82) is 0 Å². The number of amides is 2. The van der Waals surface area contributed by atoms with Crippen molar-refractivity contribution in [3.63, 3.8) is 0 Å². The number of aromatic nitrogens is 4. The number of nitrogens with zero attached hydrogens (tertiary/aromatic N) is 7. The van der Waals surface area contributed by atoms with Crippen LogP contribution in [0.3, 0.4) is 0 Å². The molecule has 6 heterocycles. The summed E-state index contributed by atoms with van der Waals surface area (Å²) in [5.41, 5.74) is 6.69. The van der Waals surface area contributed by atoms with E-state index >= 15 is 0 Å². The van der Waals surface area contributed by atoms with E-state index in [4.69, 9.17) is 35.5 Å². The number of carboxylic acids is 1. The second kappa shape index (κ2) is 22.6. The molecule has 1 N–H and O–H groups in total. The summed E-state index contributed by atoms with van der Waals surface area (Å²) >= 11 is 8.70. The number of halogens is 2. The molecule has 4 bridgehead atoms. The number of thiophene rings is 1. The summed E-state index contributed by atoms with van der Waals surface area (Å²) in [6, 6.07) is 33.9. The van der Waals surface area contributed by atoms with Crippen LogP contribution < -0.4 is 14.2 Å². The smallest absolute Gasteiger partial charge is 0.410 e. The standard InChI is InChI=1S/C57H51ClFN7O8S/c1-35-43-18-15-39(51(35)58)31-66(27-24-64-22-25-65(26-23-64)57(70)73-32-36-8-4-3-5-9-36)48(67)29-37-12-19-45(72-33-42-20-21-60-53(63-42)44-10-6-7-11-46(44)71-2)40(28-37)30-47(56(68)69)74-54-50-49(43)52(75-55(50)62-34-61-54)38-13-16-41(59)17-14-38/h3-21,28,34,47H,22-27,29-33H2,1-2H3,(H,68,69)/t47-/m1/s1. The lowest BCUT2D eigenvalue weighted by Crippen LogP contribution is -2.50. The maximum Gasteiger partial charge on any atom is 0.410 e. The van der Waals surface area contributed by atoms with Crippen molar-refractivity contribution in [3.05, 3.63) is 172 Å². The maximum atomic E-state index is 14.8. The van der Waals surface area contributed by atoms with Gasteiger partial charge < -0.3 is 33.9 Å². The number of para-hydroxylation sites is 1. The van der Waals surface area contributed by atoms with Gasteiger partial charge in [0.1, 0.15) is 41.7 Å². The van der Waals surface area contributed by atoms with Gasteiger partial charge in [0.25, 0.3) is 0 Å². The molecule has 8 aromatic rings. The van der Waals surface area contributed by atoms with E-state index < -0.39 is 17.9 Å².